The Hall–Kier alpha value is -2.48. The predicted octanol–water partition coefficient (Wildman–Crippen LogP) is 2.32. The average molecular weight is 278 g/mol. The standard InChI is InChI=1S/C12H14N4O4/c1-3-10(19-2)11-14-12(20-15-11)7-4-5-8(13)9(6-7)16(17)18/h4-6,10H,3,13H2,1-2H3. The molecule has 0 spiro atoms. The SMILES string of the molecule is CCC(OC)c1noc(-c2ccc(N)c([N+](=O)[O-])c2)n1. The van der Waals surface area contributed by atoms with Crippen molar-refractivity contribution in [1.29, 1.82) is 0 Å². The Morgan fingerprint density at radius 2 is 2.30 bits per heavy atom. The fourth-order valence-electron chi connectivity index (χ4n) is 1.77. The Bertz CT molecular complexity index is 622. The first-order valence-electron chi connectivity index (χ1n) is 5.97. The summed E-state index contributed by atoms with van der Waals surface area (Å²) in [4.78, 5) is 14.5. The molecule has 20 heavy (non-hydrogen) atoms. The van der Waals surface area contributed by atoms with Gasteiger partial charge in [-0.25, -0.2) is 0 Å². The lowest BCUT2D eigenvalue weighted by atomic mass is 10.1. The highest BCUT2D eigenvalue weighted by Crippen LogP contribution is 2.28. The second-order valence-electron chi connectivity index (χ2n) is 4.12. The number of rotatable bonds is 5. The molecule has 2 rings (SSSR count). The minimum absolute atomic E-state index is 0.0850. The normalized spacial score (nSPS) is 12.3. The van der Waals surface area contributed by atoms with E-state index in [9.17, 15) is 10.1 Å². The van der Waals surface area contributed by atoms with Crippen LogP contribution in [0.4, 0.5) is 11.4 Å². The Kier molecular flexibility index (Phi) is 3.94. The maximum absolute atomic E-state index is 10.9. The van der Waals surface area contributed by atoms with E-state index in [1.165, 1.54) is 12.1 Å². The Labute approximate surface area is 114 Å². The monoisotopic (exact) mass is 278 g/mol. The van der Waals surface area contributed by atoms with E-state index in [0.29, 0.717) is 17.8 Å². The smallest absolute Gasteiger partial charge is 0.292 e. The third-order valence-electron chi connectivity index (χ3n) is 2.86. The molecule has 8 heteroatoms. The molecule has 0 aliphatic heterocycles. The van der Waals surface area contributed by atoms with E-state index in [-0.39, 0.29) is 23.4 Å². The van der Waals surface area contributed by atoms with E-state index in [1.807, 2.05) is 6.92 Å². The van der Waals surface area contributed by atoms with E-state index in [4.69, 9.17) is 15.0 Å². The molecule has 0 saturated heterocycles. The molecule has 0 aliphatic carbocycles. The number of nitrogens with two attached hydrogens (primary N) is 1. The van der Waals surface area contributed by atoms with Gasteiger partial charge in [0.1, 0.15) is 11.8 Å². The summed E-state index contributed by atoms with van der Waals surface area (Å²) in [5.74, 6) is 0.600. The second-order valence-corrected chi connectivity index (χ2v) is 4.12. The van der Waals surface area contributed by atoms with Gasteiger partial charge in [-0.05, 0) is 18.6 Å². The number of hydrogen-bond acceptors (Lipinski definition) is 7. The highest BCUT2D eigenvalue weighted by molar-refractivity contribution is 5.67. The van der Waals surface area contributed by atoms with Crippen LogP contribution in [0.5, 0.6) is 0 Å². The summed E-state index contributed by atoms with van der Waals surface area (Å²) in [6.45, 7) is 1.93. The van der Waals surface area contributed by atoms with Crippen molar-refractivity contribution in [2.24, 2.45) is 0 Å². The van der Waals surface area contributed by atoms with Crippen molar-refractivity contribution in [2.45, 2.75) is 19.4 Å². The van der Waals surface area contributed by atoms with Crippen molar-refractivity contribution < 1.29 is 14.2 Å². The number of nitrogen functional groups attached to an aromatic ring is 1. The number of anilines is 1. The zero-order chi connectivity index (χ0) is 14.7. The van der Waals surface area contributed by atoms with Crippen molar-refractivity contribution in [3.05, 3.63) is 34.1 Å². The molecule has 1 unspecified atom stereocenters. The molecular weight excluding hydrogens is 264 g/mol. The lowest BCUT2D eigenvalue weighted by Gasteiger charge is -2.06. The van der Waals surface area contributed by atoms with Gasteiger partial charge >= 0.3 is 0 Å². The topological polar surface area (TPSA) is 117 Å². The fraction of sp³-hybridized carbons (Fsp3) is 0.333. The molecule has 0 radical (unpaired) electrons. The van der Waals surface area contributed by atoms with E-state index >= 15 is 0 Å². The molecule has 8 nitrogen and oxygen atoms in total. The number of ether oxygens (including phenoxy) is 1. The maximum Gasteiger partial charge on any atom is 0.292 e. The largest absolute Gasteiger partial charge is 0.393 e. The van der Waals surface area contributed by atoms with Gasteiger partial charge in [0.05, 0.1) is 4.92 Å². The fourth-order valence-corrected chi connectivity index (χ4v) is 1.77. The molecule has 0 amide bonds. The summed E-state index contributed by atoms with van der Waals surface area (Å²) >= 11 is 0. The first kappa shape index (κ1) is 13.9. The van der Waals surface area contributed by atoms with Crippen LogP contribution in [-0.2, 0) is 4.74 Å². The molecule has 0 aliphatic rings. The minimum Gasteiger partial charge on any atom is -0.393 e. The summed E-state index contributed by atoms with van der Waals surface area (Å²) in [5, 5.41) is 14.7. The van der Waals surface area contributed by atoms with Gasteiger partial charge in [-0.1, -0.05) is 12.1 Å². The predicted molar refractivity (Wildman–Crippen MR) is 70.8 cm³/mol. The maximum atomic E-state index is 10.9. The zero-order valence-electron chi connectivity index (χ0n) is 11.1. The molecule has 1 aromatic heterocycles. The van der Waals surface area contributed by atoms with Crippen LogP contribution in [-0.4, -0.2) is 22.2 Å². The van der Waals surface area contributed by atoms with Crippen LogP contribution in [0, 0.1) is 10.1 Å². The summed E-state index contributed by atoms with van der Waals surface area (Å²) < 4.78 is 10.3. The van der Waals surface area contributed by atoms with Crippen LogP contribution < -0.4 is 5.73 Å². The Morgan fingerprint density at radius 1 is 1.55 bits per heavy atom. The van der Waals surface area contributed by atoms with Crippen LogP contribution in [0.3, 0.4) is 0 Å². The van der Waals surface area contributed by atoms with Gasteiger partial charge < -0.3 is 15.0 Å². The number of nitro groups is 1. The molecule has 2 aromatic rings. The number of aromatic nitrogens is 2. The third-order valence-corrected chi connectivity index (χ3v) is 2.86. The molecule has 1 heterocycles. The summed E-state index contributed by atoms with van der Waals surface area (Å²) in [5.41, 5.74) is 5.87. The van der Waals surface area contributed by atoms with Gasteiger partial charge in [0.15, 0.2) is 0 Å². The molecular formula is C12H14N4O4. The van der Waals surface area contributed by atoms with Crippen molar-refractivity contribution in [3.8, 4) is 11.5 Å². The molecule has 0 saturated carbocycles. The third kappa shape index (κ3) is 2.59. The van der Waals surface area contributed by atoms with E-state index in [1.54, 1.807) is 13.2 Å². The summed E-state index contributed by atoms with van der Waals surface area (Å²) in [6, 6.07) is 4.33. The highest BCUT2D eigenvalue weighted by atomic mass is 16.6. The van der Waals surface area contributed by atoms with Crippen molar-refractivity contribution in [3.63, 3.8) is 0 Å². The summed E-state index contributed by atoms with van der Waals surface area (Å²) in [7, 11) is 1.55. The zero-order valence-corrected chi connectivity index (χ0v) is 11.1. The molecule has 0 bridgehead atoms. The van der Waals surface area contributed by atoms with Crippen molar-refractivity contribution >= 4 is 11.4 Å². The average Bonchev–Trinajstić information content (AvgIpc) is 2.90. The van der Waals surface area contributed by atoms with Gasteiger partial charge in [-0.3, -0.25) is 10.1 Å². The molecule has 1 aromatic carbocycles. The van der Waals surface area contributed by atoms with Crippen LogP contribution >= 0.6 is 0 Å². The minimum atomic E-state index is -0.555. The number of methoxy groups -OCH3 is 1. The summed E-state index contributed by atoms with van der Waals surface area (Å²) in [6.07, 6.45) is 0.424. The first-order valence-corrected chi connectivity index (χ1v) is 5.97. The van der Waals surface area contributed by atoms with Gasteiger partial charge in [0, 0.05) is 18.7 Å². The number of benzene rings is 1. The number of nitrogens with zero attached hydrogens (tertiary/aromatic N) is 3. The number of hydrogen-bond donors (Lipinski definition) is 1. The van der Waals surface area contributed by atoms with Crippen molar-refractivity contribution in [2.75, 3.05) is 12.8 Å². The van der Waals surface area contributed by atoms with Gasteiger partial charge in [-0.15, -0.1) is 0 Å². The van der Waals surface area contributed by atoms with Gasteiger partial charge in [0.2, 0.25) is 5.82 Å². The number of nitro benzene ring substituents is 1. The van der Waals surface area contributed by atoms with E-state index in [2.05, 4.69) is 10.1 Å². The lowest BCUT2D eigenvalue weighted by Crippen LogP contribution is -2.01. The molecule has 0 fully saturated rings. The van der Waals surface area contributed by atoms with Crippen molar-refractivity contribution in [1.82, 2.24) is 10.1 Å². The van der Waals surface area contributed by atoms with E-state index < -0.39 is 4.92 Å². The van der Waals surface area contributed by atoms with Crippen LogP contribution in [0.25, 0.3) is 11.5 Å². The second kappa shape index (κ2) is 5.66. The van der Waals surface area contributed by atoms with Crippen LogP contribution in [0.2, 0.25) is 0 Å². The highest BCUT2D eigenvalue weighted by Gasteiger charge is 2.19. The molecule has 2 N–H and O–H groups in total. The van der Waals surface area contributed by atoms with E-state index in [0.717, 1.165) is 0 Å². The lowest BCUT2D eigenvalue weighted by molar-refractivity contribution is -0.383. The molecule has 106 valence electrons. The Morgan fingerprint density at radius 3 is 2.90 bits per heavy atom. The quantitative estimate of drug-likeness (QED) is 0.506. The van der Waals surface area contributed by atoms with Crippen LogP contribution in [0.1, 0.15) is 25.3 Å². The van der Waals surface area contributed by atoms with Gasteiger partial charge in [-0.2, -0.15) is 4.98 Å². The first-order chi connectivity index (χ1) is 9.56. The molecule has 1 atom stereocenters. The van der Waals surface area contributed by atoms with Crippen LogP contribution in [0.15, 0.2) is 22.7 Å². The Balaban J connectivity index is 2.37. The van der Waals surface area contributed by atoms with Gasteiger partial charge in [0.25, 0.3) is 11.6 Å².